The number of Topliss-reactive ketones (excluding diaryl/α,β-unsaturated/α-hetero) is 1. The van der Waals surface area contributed by atoms with Crippen molar-refractivity contribution in [1.82, 2.24) is 0 Å². The number of benzene rings is 2. The Morgan fingerprint density at radius 2 is 1.74 bits per heavy atom. The van der Waals surface area contributed by atoms with E-state index in [-0.39, 0.29) is 52.5 Å². The Morgan fingerprint density at radius 3 is 2.42 bits per heavy atom. The van der Waals surface area contributed by atoms with Crippen LogP contribution in [0.2, 0.25) is 0 Å². The maximum Gasteiger partial charge on any atom is 0.202 e. The molecule has 0 aromatic heterocycles. The standard InChI is InChI=1S/C32H37NO10/c1-14-27(35)19(33)11-22(41-14)43-21-13-32(40,15(2)34)12-18-24(21)31(39)26-25(29(18)37)28(36)17-9-6-10-20(23(17)30(26)38)42-16-7-4-3-5-8-16/h6,9-10,14,16,19,21-22,27,35,37,39-40H,3-5,7-8,11-13,33H2,1-2H3. The van der Waals surface area contributed by atoms with Gasteiger partial charge in [-0.1, -0.05) is 18.6 Å². The van der Waals surface area contributed by atoms with Gasteiger partial charge in [0.25, 0.3) is 0 Å². The Morgan fingerprint density at radius 1 is 1.05 bits per heavy atom. The number of fused-ring (bicyclic) bond motifs is 3. The van der Waals surface area contributed by atoms with Gasteiger partial charge in [0, 0.05) is 42.0 Å². The summed E-state index contributed by atoms with van der Waals surface area (Å²) < 4.78 is 18.1. The molecule has 6 N–H and O–H groups in total. The zero-order valence-corrected chi connectivity index (χ0v) is 24.2. The monoisotopic (exact) mass is 595 g/mol. The van der Waals surface area contributed by atoms with Gasteiger partial charge in [0.15, 0.2) is 17.9 Å². The van der Waals surface area contributed by atoms with Crippen LogP contribution in [0.3, 0.4) is 0 Å². The van der Waals surface area contributed by atoms with Crippen LogP contribution in [-0.4, -0.2) is 74.0 Å². The van der Waals surface area contributed by atoms with Crippen LogP contribution in [0.5, 0.6) is 17.2 Å². The van der Waals surface area contributed by atoms with Crippen molar-refractivity contribution in [3.63, 3.8) is 0 Å². The summed E-state index contributed by atoms with van der Waals surface area (Å²) in [7, 11) is 0. The van der Waals surface area contributed by atoms with Gasteiger partial charge in [-0.2, -0.15) is 0 Å². The zero-order chi connectivity index (χ0) is 30.8. The fraction of sp³-hybridized carbons (Fsp3) is 0.531. The second kappa shape index (κ2) is 11.0. The van der Waals surface area contributed by atoms with Crippen LogP contribution >= 0.6 is 0 Å². The predicted molar refractivity (Wildman–Crippen MR) is 151 cm³/mol. The van der Waals surface area contributed by atoms with Crippen LogP contribution in [0, 0.1) is 0 Å². The minimum atomic E-state index is -2.00. The van der Waals surface area contributed by atoms with Crippen LogP contribution in [-0.2, 0) is 20.7 Å². The fourth-order valence-corrected chi connectivity index (χ4v) is 6.95. The van der Waals surface area contributed by atoms with Crippen molar-refractivity contribution in [3.05, 3.63) is 51.6 Å². The number of rotatable bonds is 5. The third kappa shape index (κ3) is 4.93. The normalized spacial score (nSPS) is 30.8. The number of aliphatic hydroxyl groups excluding tert-OH is 1. The maximum absolute atomic E-state index is 14.1. The molecule has 4 aliphatic rings. The molecule has 3 aliphatic carbocycles. The Bertz CT molecular complexity index is 1490. The molecule has 43 heavy (non-hydrogen) atoms. The molecule has 230 valence electrons. The van der Waals surface area contributed by atoms with Gasteiger partial charge in [0.1, 0.15) is 22.8 Å². The number of aliphatic hydroxyl groups is 2. The van der Waals surface area contributed by atoms with E-state index < -0.39 is 77.1 Å². The van der Waals surface area contributed by atoms with E-state index in [1.54, 1.807) is 19.1 Å². The van der Waals surface area contributed by atoms with Crippen molar-refractivity contribution in [2.75, 3.05) is 0 Å². The summed E-state index contributed by atoms with van der Waals surface area (Å²) in [5.74, 6) is -2.93. The second-order valence-corrected chi connectivity index (χ2v) is 12.3. The molecule has 0 amide bonds. The Labute approximate surface area is 248 Å². The van der Waals surface area contributed by atoms with Crippen LogP contribution in [0.4, 0.5) is 0 Å². The van der Waals surface area contributed by atoms with Crippen molar-refractivity contribution < 1.29 is 49.0 Å². The molecule has 11 nitrogen and oxygen atoms in total. The van der Waals surface area contributed by atoms with Gasteiger partial charge in [-0.25, -0.2) is 0 Å². The first-order valence-electron chi connectivity index (χ1n) is 14.9. The molecule has 6 atom stereocenters. The number of carbonyl (C=O) groups is 3. The molecule has 2 fully saturated rings. The van der Waals surface area contributed by atoms with E-state index in [1.807, 2.05) is 0 Å². The van der Waals surface area contributed by atoms with Gasteiger partial charge in [-0.3, -0.25) is 14.4 Å². The lowest BCUT2D eigenvalue weighted by Crippen LogP contribution is -2.52. The number of hydrogen-bond acceptors (Lipinski definition) is 11. The second-order valence-electron chi connectivity index (χ2n) is 12.3. The number of nitrogens with two attached hydrogens (primary N) is 1. The summed E-state index contributed by atoms with van der Waals surface area (Å²) >= 11 is 0. The Balaban J connectivity index is 1.46. The number of carbonyl (C=O) groups excluding carboxylic acids is 3. The average molecular weight is 596 g/mol. The van der Waals surface area contributed by atoms with E-state index in [2.05, 4.69) is 0 Å². The number of phenols is 2. The smallest absolute Gasteiger partial charge is 0.202 e. The third-order valence-corrected chi connectivity index (χ3v) is 9.42. The summed E-state index contributed by atoms with van der Waals surface area (Å²) in [6.07, 6.45) is 0.122. The molecule has 0 bridgehead atoms. The predicted octanol–water partition coefficient (Wildman–Crippen LogP) is 2.73. The number of aromatic hydroxyl groups is 2. The first kappa shape index (κ1) is 29.7. The van der Waals surface area contributed by atoms with Crippen molar-refractivity contribution in [1.29, 1.82) is 0 Å². The SMILES string of the molecule is CC(=O)C1(O)Cc2c(O)c3c(c(O)c2C(OC2CC(N)C(O)C(C)O2)C1)C(=O)c1c(OC2CCCCC2)cccc1C3=O. The van der Waals surface area contributed by atoms with Gasteiger partial charge in [-0.15, -0.1) is 0 Å². The summed E-state index contributed by atoms with van der Waals surface area (Å²) in [6, 6.07) is 4.01. The third-order valence-electron chi connectivity index (χ3n) is 9.42. The van der Waals surface area contributed by atoms with E-state index in [4.69, 9.17) is 19.9 Å². The van der Waals surface area contributed by atoms with Crippen molar-refractivity contribution in [2.24, 2.45) is 5.73 Å². The van der Waals surface area contributed by atoms with Gasteiger partial charge in [-0.05, 0) is 45.6 Å². The molecule has 6 unspecified atom stereocenters. The largest absolute Gasteiger partial charge is 0.507 e. The minimum absolute atomic E-state index is 0.0122. The van der Waals surface area contributed by atoms with Crippen LogP contribution in [0.15, 0.2) is 18.2 Å². The quantitative estimate of drug-likeness (QED) is 0.273. The number of hydrogen-bond donors (Lipinski definition) is 5. The van der Waals surface area contributed by atoms with E-state index in [1.165, 1.54) is 13.0 Å². The molecule has 1 saturated heterocycles. The molecular formula is C32H37NO10. The molecular weight excluding hydrogens is 558 g/mol. The highest BCUT2D eigenvalue weighted by Gasteiger charge is 2.49. The average Bonchev–Trinajstić information content (AvgIpc) is 2.96. The maximum atomic E-state index is 14.1. The topological polar surface area (TPSA) is 186 Å². The number of ketones is 3. The molecule has 1 heterocycles. The molecule has 2 aromatic carbocycles. The van der Waals surface area contributed by atoms with Gasteiger partial charge < -0.3 is 40.4 Å². The van der Waals surface area contributed by atoms with Crippen molar-refractivity contribution in [3.8, 4) is 17.2 Å². The first-order chi connectivity index (χ1) is 20.4. The molecule has 1 aliphatic heterocycles. The van der Waals surface area contributed by atoms with Crippen molar-refractivity contribution >= 4 is 17.3 Å². The van der Waals surface area contributed by atoms with E-state index in [0.717, 1.165) is 32.1 Å². The highest BCUT2D eigenvalue weighted by Crippen LogP contribution is 2.52. The van der Waals surface area contributed by atoms with E-state index >= 15 is 0 Å². The molecule has 0 spiro atoms. The lowest BCUT2D eigenvalue weighted by molar-refractivity contribution is -0.247. The fourth-order valence-electron chi connectivity index (χ4n) is 6.95. The number of ether oxygens (including phenoxy) is 3. The number of phenolic OH excluding ortho intramolecular Hbond substituents is 2. The highest BCUT2D eigenvalue weighted by molar-refractivity contribution is 6.31. The van der Waals surface area contributed by atoms with Gasteiger partial charge >= 0.3 is 0 Å². The van der Waals surface area contributed by atoms with E-state index in [0.29, 0.717) is 0 Å². The molecule has 6 rings (SSSR count). The van der Waals surface area contributed by atoms with Crippen LogP contribution < -0.4 is 10.5 Å². The van der Waals surface area contributed by atoms with Crippen LogP contribution in [0.25, 0.3) is 0 Å². The Hall–Kier alpha value is -3.35. The lowest BCUT2D eigenvalue weighted by Gasteiger charge is -2.42. The van der Waals surface area contributed by atoms with Gasteiger partial charge in [0.2, 0.25) is 5.78 Å². The molecule has 0 radical (unpaired) electrons. The van der Waals surface area contributed by atoms with Gasteiger partial charge in [0.05, 0.1) is 41.1 Å². The molecule has 2 aromatic rings. The summed E-state index contributed by atoms with van der Waals surface area (Å²) in [5.41, 5.74) is 3.23. The minimum Gasteiger partial charge on any atom is -0.507 e. The summed E-state index contributed by atoms with van der Waals surface area (Å²) in [4.78, 5) is 40.6. The highest BCUT2D eigenvalue weighted by atomic mass is 16.7. The Kier molecular flexibility index (Phi) is 7.58. The van der Waals surface area contributed by atoms with E-state index in [9.17, 15) is 34.8 Å². The van der Waals surface area contributed by atoms with Crippen molar-refractivity contribution in [2.45, 2.75) is 108 Å². The molecule has 11 heteroatoms. The lowest BCUT2D eigenvalue weighted by atomic mass is 9.72. The molecule has 1 saturated carbocycles. The summed E-state index contributed by atoms with van der Waals surface area (Å²) in [5, 5.41) is 44.8. The first-order valence-corrected chi connectivity index (χ1v) is 14.9. The van der Waals surface area contributed by atoms with Crippen LogP contribution in [0.1, 0.15) is 108 Å². The summed E-state index contributed by atoms with van der Waals surface area (Å²) in [6.45, 7) is 2.82. The zero-order valence-electron chi connectivity index (χ0n) is 24.2.